The second kappa shape index (κ2) is 7.17. The molecule has 1 aromatic carbocycles. The van der Waals surface area contributed by atoms with Crippen molar-refractivity contribution in [3.8, 4) is 0 Å². The Balaban J connectivity index is 2.05. The van der Waals surface area contributed by atoms with Crippen molar-refractivity contribution in [1.82, 2.24) is 9.97 Å². The van der Waals surface area contributed by atoms with Gasteiger partial charge in [0.25, 0.3) is 0 Å². The van der Waals surface area contributed by atoms with Crippen LogP contribution in [-0.2, 0) is 17.9 Å². The first-order chi connectivity index (χ1) is 9.69. The third-order valence-electron chi connectivity index (χ3n) is 2.59. The zero-order chi connectivity index (χ0) is 14.4. The normalized spacial score (nSPS) is 10.6. The fourth-order valence-electron chi connectivity index (χ4n) is 1.64. The van der Waals surface area contributed by atoms with Gasteiger partial charge in [-0.2, -0.15) is 0 Å². The molecular weight excluding hydrogens is 281 g/mol. The van der Waals surface area contributed by atoms with Crippen molar-refractivity contribution in [2.45, 2.75) is 20.1 Å². The Morgan fingerprint density at radius 2 is 2.10 bits per heavy atom. The topological polar surface area (TPSA) is 47.0 Å². The maximum atomic E-state index is 13.5. The predicted octanol–water partition coefficient (Wildman–Crippen LogP) is 3.42. The van der Waals surface area contributed by atoms with E-state index >= 15 is 0 Å². The van der Waals surface area contributed by atoms with Crippen LogP contribution >= 0.6 is 11.6 Å². The van der Waals surface area contributed by atoms with E-state index in [0.717, 1.165) is 0 Å². The van der Waals surface area contributed by atoms with E-state index in [2.05, 4.69) is 15.3 Å². The van der Waals surface area contributed by atoms with Crippen LogP contribution < -0.4 is 5.32 Å². The molecule has 0 aliphatic rings. The molecular formula is C14H15ClFN3O. The van der Waals surface area contributed by atoms with Gasteiger partial charge in [0, 0.05) is 24.8 Å². The highest BCUT2D eigenvalue weighted by Gasteiger charge is 2.05. The highest BCUT2D eigenvalue weighted by Crippen LogP contribution is 2.14. The fourth-order valence-corrected chi connectivity index (χ4v) is 1.84. The Morgan fingerprint density at radius 3 is 2.85 bits per heavy atom. The van der Waals surface area contributed by atoms with E-state index in [4.69, 9.17) is 16.3 Å². The van der Waals surface area contributed by atoms with Crippen LogP contribution in [0.25, 0.3) is 0 Å². The van der Waals surface area contributed by atoms with Crippen molar-refractivity contribution in [3.63, 3.8) is 0 Å². The van der Waals surface area contributed by atoms with Crippen LogP contribution in [0.5, 0.6) is 0 Å². The number of hydrogen-bond acceptors (Lipinski definition) is 4. The maximum absolute atomic E-state index is 13.5. The molecule has 0 unspecified atom stereocenters. The molecule has 0 bridgehead atoms. The molecule has 0 saturated carbocycles. The van der Waals surface area contributed by atoms with E-state index in [1.807, 2.05) is 6.92 Å². The third kappa shape index (κ3) is 4.15. The van der Waals surface area contributed by atoms with Gasteiger partial charge in [-0.3, -0.25) is 0 Å². The zero-order valence-corrected chi connectivity index (χ0v) is 11.8. The summed E-state index contributed by atoms with van der Waals surface area (Å²) in [6.07, 6.45) is 0. The summed E-state index contributed by atoms with van der Waals surface area (Å²) in [5.74, 6) is 0.785. The molecule has 2 rings (SSSR count). The smallest absolute Gasteiger partial charge is 0.158 e. The molecule has 6 heteroatoms. The molecule has 0 aliphatic heterocycles. The van der Waals surface area contributed by atoms with Gasteiger partial charge in [0.2, 0.25) is 0 Å². The van der Waals surface area contributed by atoms with E-state index in [9.17, 15) is 4.39 Å². The third-order valence-corrected chi connectivity index (χ3v) is 2.79. The number of aromatic nitrogens is 2. The van der Waals surface area contributed by atoms with Crippen LogP contribution in [0.2, 0.25) is 5.15 Å². The number of anilines is 1. The highest BCUT2D eigenvalue weighted by atomic mass is 35.5. The number of halogens is 2. The Morgan fingerprint density at radius 1 is 1.30 bits per heavy atom. The minimum atomic E-state index is -0.255. The van der Waals surface area contributed by atoms with E-state index in [0.29, 0.717) is 42.1 Å². The van der Waals surface area contributed by atoms with Crippen LogP contribution in [0.1, 0.15) is 18.3 Å². The SMILES string of the molecule is CCOCc1nc(Cl)cc(NCc2ccccc2F)n1. The van der Waals surface area contributed by atoms with Crippen molar-refractivity contribution in [2.75, 3.05) is 11.9 Å². The van der Waals surface area contributed by atoms with Crippen molar-refractivity contribution in [2.24, 2.45) is 0 Å². The Bertz CT molecular complexity index is 580. The quantitative estimate of drug-likeness (QED) is 0.830. The van der Waals surface area contributed by atoms with Gasteiger partial charge in [-0.05, 0) is 13.0 Å². The molecule has 0 spiro atoms. The Hall–Kier alpha value is -1.72. The first kappa shape index (κ1) is 14.7. The summed E-state index contributed by atoms with van der Waals surface area (Å²) < 4.78 is 18.7. The summed E-state index contributed by atoms with van der Waals surface area (Å²) in [6.45, 7) is 3.09. The Labute approximate surface area is 122 Å². The number of hydrogen-bond donors (Lipinski definition) is 1. The number of benzene rings is 1. The minimum Gasteiger partial charge on any atom is -0.374 e. The lowest BCUT2D eigenvalue weighted by molar-refractivity contribution is 0.128. The first-order valence-corrected chi connectivity index (χ1v) is 6.65. The van der Waals surface area contributed by atoms with Gasteiger partial charge >= 0.3 is 0 Å². The van der Waals surface area contributed by atoms with Gasteiger partial charge in [-0.1, -0.05) is 29.8 Å². The number of nitrogens with zero attached hydrogens (tertiary/aromatic N) is 2. The lowest BCUT2D eigenvalue weighted by atomic mass is 10.2. The minimum absolute atomic E-state index is 0.255. The second-order valence-electron chi connectivity index (χ2n) is 4.07. The molecule has 0 saturated heterocycles. The lowest BCUT2D eigenvalue weighted by Crippen LogP contribution is -2.07. The average molecular weight is 296 g/mol. The van der Waals surface area contributed by atoms with Gasteiger partial charge in [-0.25, -0.2) is 14.4 Å². The fraction of sp³-hybridized carbons (Fsp3) is 0.286. The van der Waals surface area contributed by atoms with E-state index in [-0.39, 0.29) is 5.82 Å². The summed E-state index contributed by atoms with van der Waals surface area (Å²) in [7, 11) is 0. The van der Waals surface area contributed by atoms with E-state index < -0.39 is 0 Å². The van der Waals surface area contributed by atoms with Crippen LogP contribution in [0.15, 0.2) is 30.3 Å². The molecule has 0 radical (unpaired) electrons. The summed E-state index contributed by atoms with van der Waals surface area (Å²) in [5.41, 5.74) is 0.564. The summed E-state index contributed by atoms with van der Waals surface area (Å²) in [4.78, 5) is 8.32. The van der Waals surface area contributed by atoms with Crippen LogP contribution in [0, 0.1) is 5.82 Å². The van der Waals surface area contributed by atoms with E-state index in [1.54, 1.807) is 24.3 Å². The molecule has 0 fully saturated rings. The molecule has 1 N–H and O–H groups in total. The summed E-state index contributed by atoms with van der Waals surface area (Å²) in [5, 5.41) is 3.35. The standard InChI is InChI=1S/C14H15ClFN3O/c1-2-20-9-14-18-12(15)7-13(19-14)17-8-10-5-3-4-6-11(10)16/h3-7H,2,8-9H2,1H3,(H,17,18,19). The second-order valence-corrected chi connectivity index (χ2v) is 4.46. The largest absolute Gasteiger partial charge is 0.374 e. The summed E-state index contributed by atoms with van der Waals surface area (Å²) >= 11 is 5.92. The lowest BCUT2D eigenvalue weighted by Gasteiger charge is -2.08. The van der Waals surface area contributed by atoms with Gasteiger partial charge < -0.3 is 10.1 Å². The van der Waals surface area contributed by atoms with Gasteiger partial charge in [0.05, 0.1) is 0 Å². The number of nitrogens with one attached hydrogen (secondary N) is 1. The molecule has 0 aliphatic carbocycles. The van der Waals surface area contributed by atoms with E-state index in [1.165, 1.54) is 6.07 Å². The van der Waals surface area contributed by atoms with Gasteiger partial charge in [0.15, 0.2) is 5.82 Å². The van der Waals surface area contributed by atoms with Crippen molar-refractivity contribution in [3.05, 3.63) is 52.7 Å². The van der Waals surface area contributed by atoms with Crippen LogP contribution in [0.3, 0.4) is 0 Å². The average Bonchev–Trinajstić information content (AvgIpc) is 2.44. The highest BCUT2D eigenvalue weighted by molar-refractivity contribution is 6.29. The predicted molar refractivity (Wildman–Crippen MR) is 76.1 cm³/mol. The first-order valence-electron chi connectivity index (χ1n) is 6.27. The van der Waals surface area contributed by atoms with Crippen LogP contribution in [0.4, 0.5) is 10.2 Å². The molecule has 2 aromatic rings. The molecule has 1 heterocycles. The molecule has 4 nitrogen and oxygen atoms in total. The monoisotopic (exact) mass is 295 g/mol. The summed E-state index contributed by atoms with van der Waals surface area (Å²) in [6, 6.07) is 8.17. The number of ether oxygens (including phenoxy) is 1. The van der Waals surface area contributed by atoms with Crippen LogP contribution in [-0.4, -0.2) is 16.6 Å². The molecule has 1 aromatic heterocycles. The molecule has 20 heavy (non-hydrogen) atoms. The van der Waals surface area contributed by atoms with Crippen molar-refractivity contribution < 1.29 is 9.13 Å². The molecule has 0 amide bonds. The van der Waals surface area contributed by atoms with Gasteiger partial charge in [0.1, 0.15) is 23.4 Å². The number of rotatable bonds is 6. The van der Waals surface area contributed by atoms with Crippen molar-refractivity contribution in [1.29, 1.82) is 0 Å². The van der Waals surface area contributed by atoms with Crippen molar-refractivity contribution >= 4 is 17.4 Å². The molecule has 0 atom stereocenters. The maximum Gasteiger partial charge on any atom is 0.158 e. The molecule has 106 valence electrons. The zero-order valence-electron chi connectivity index (χ0n) is 11.1. The van der Waals surface area contributed by atoms with Gasteiger partial charge in [-0.15, -0.1) is 0 Å². The Kier molecular flexibility index (Phi) is 5.26.